The van der Waals surface area contributed by atoms with E-state index < -0.39 is 0 Å². The van der Waals surface area contributed by atoms with Crippen molar-refractivity contribution in [3.8, 4) is 11.3 Å². The van der Waals surface area contributed by atoms with Crippen molar-refractivity contribution in [2.45, 2.75) is 58.2 Å². The second-order valence-electron chi connectivity index (χ2n) is 8.51. The number of aromatic nitrogens is 4. The van der Waals surface area contributed by atoms with Crippen molar-refractivity contribution in [3.63, 3.8) is 0 Å². The molecule has 0 N–H and O–H groups in total. The SMILES string of the molecule is CCc1cnc(CC[C@@H]2CCCN2C(=O)c2c(-c3ccccc3)nn3c2COCC3)nc1. The maximum atomic E-state index is 13.9. The van der Waals surface area contributed by atoms with Gasteiger partial charge < -0.3 is 9.64 Å². The lowest BCUT2D eigenvalue weighted by Gasteiger charge is -2.25. The van der Waals surface area contributed by atoms with Crippen LogP contribution >= 0.6 is 0 Å². The van der Waals surface area contributed by atoms with Gasteiger partial charge in [-0.05, 0) is 31.2 Å². The van der Waals surface area contributed by atoms with Crippen LogP contribution in [0.3, 0.4) is 0 Å². The molecule has 1 fully saturated rings. The Morgan fingerprint density at radius 1 is 1.16 bits per heavy atom. The molecule has 7 nitrogen and oxygen atoms in total. The molecular formula is C25H29N5O2. The number of aryl methyl sites for hydroxylation is 2. The van der Waals surface area contributed by atoms with Crippen molar-refractivity contribution in [1.29, 1.82) is 0 Å². The number of benzene rings is 1. The Balaban J connectivity index is 1.39. The molecule has 2 aliphatic rings. The molecule has 32 heavy (non-hydrogen) atoms. The summed E-state index contributed by atoms with van der Waals surface area (Å²) in [7, 11) is 0. The molecule has 0 aliphatic carbocycles. The third-order valence-electron chi connectivity index (χ3n) is 6.51. The van der Waals surface area contributed by atoms with E-state index in [0.717, 1.165) is 67.0 Å². The van der Waals surface area contributed by atoms with Gasteiger partial charge in [-0.3, -0.25) is 9.48 Å². The summed E-state index contributed by atoms with van der Waals surface area (Å²) in [5.41, 5.74) is 4.47. The minimum absolute atomic E-state index is 0.0698. The highest BCUT2D eigenvalue weighted by Crippen LogP contribution is 2.32. The number of nitrogens with zero attached hydrogens (tertiary/aromatic N) is 5. The molecule has 0 bridgehead atoms. The Kier molecular flexibility index (Phi) is 5.99. The summed E-state index contributed by atoms with van der Waals surface area (Å²) in [4.78, 5) is 24.9. The van der Waals surface area contributed by atoms with Gasteiger partial charge in [0, 0.05) is 37.0 Å². The number of carbonyl (C=O) groups is 1. The molecule has 7 heteroatoms. The third-order valence-corrected chi connectivity index (χ3v) is 6.51. The number of hydrogen-bond acceptors (Lipinski definition) is 5. The standard InChI is InChI=1S/C25H29N5O2/c1-2-18-15-26-22(27-16-18)11-10-20-9-6-12-29(20)25(31)23-21-17-32-14-13-30(21)28-24(23)19-7-4-3-5-8-19/h3-5,7-8,15-16,20H,2,6,9-14,17H2,1H3/t20-/m0/s1. The van der Waals surface area contributed by atoms with Gasteiger partial charge >= 0.3 is 0 Å². The van der Waals surface area contributed by atoms with Gasteiger partial charge in [0.1, 0.15) is 11.5 Å². The number of likely N-dealkylation sites (tertiary alicyclic amines) is 1. The topological polar surface area (TPSA) is 73.1 Å². The summed E-state index contributed by atoms with van der Waals surface area (Å²) in [6.07, 6.45) is 8.44. The number of carbonyl (C=O) groups excluding carboxylic acids is 1. The van der Waals surface area contributed by atoms with Crippen LogP contribution in [-0.2, 0) is 30.7 Å². The zero-order chi connectivity index (χ0) is 21.9. The molecule has 0 saturated carbocycles. The normalized spacial score (nSPS) is 18.0. The first kappa shape index (κ1) is 20.8. The van der Waals surface area contributed by atoms with Gasteiger partial charge in [-0.2, -0.15) is 5.10 Å². The molecule has 0 radical (unpaired) electrons. The summed E-state index contributed by atoms with van der Waals surface area (Å²) in [6, 6.07) is 10.2. The highest BCUT2D eigenvalue weighted by Gasteiger charge is 2.35. The van der Waals surface area contributed by atoms with Crippen molar-refractivity contribution in [2.75, 3.05) is 13.2 Å². The molecule has 1 amide bonds. The van der Waals surface area contributed by atoms with E-state index in [0.29, 0.717) is 25.3 Å². The van der Waals surface area contributed by atoms with Crippen LogP contribution in [0.15, 0.2) is 42.7 Å². The van der Waals surface area contributed by atoms with Gasteiger partial charge in [-0.15, -0.1) is 0 Å². The third kappa shape index (κ3) is 4.05. The average molecular weight is 432 g/mol. The predicted molar refractivity (Wildman–Crippen MR) is 121 cm³/mol. The first-order valence-electron chi connectivity index (χ1n) is 11.6. The fourth-order valence-electron chi connectivity index (χ4n) is 4.71. The molecule has 0 unspecified atom stereocenters. The lowest BCUT2D eigenvalue weighted by molar-refractivity contribution is 0.0682. The van der Waals surface area contributed by atoms with Gasteiger partial charge in [-0.1, -0.05) is 37.3 Å². The molecular weight excluding hydrogens is 402 g/mol. The van der Waals surface area contributed by atoms with E-state index in [4.69, 9.17) is 9.84 Å². The number of hydrogen-bond donors (Lipinski definition) is 0. The number of amides is 1. The van der Waals surface area contributed by atoms with Crippen molar-refractivity contribution in [1.82, 2.24) is 24.6 Å². The summed E-state index contributed by atoms with van der Waals surface area (Å²) in [5, 5.41) is 4.82. The van der Waals surface area contributed by atoms with E-state index in [1.165, 1.54) is 0 Å². The molecule has 1 atom stereocenters. The quantitative estimate of drug-likeness (QED) is 0.595. The smallest absolute Gasteiger partial charge is 0.258 e. The van der Waals surface area contributed by atoms with Crippen LogP contribution in [0.2, 0.25) is 0 Å². The van der Waals surface area contributed by atoms with E-state index in [9.17, 15) is 4.79 Å². The van der Waals surface area contributed by atoms with Crippen LogP contribution in [0, 0.1) is 0 Å². The molecule has 4 heterocycles. The minimum Gasteiger partial charge on any atom is -0.373 e. The Morgan fingerprint density at radius 2 is 1.97 bits per heavy atom. The summed E-state index contributed by atoms with van der Waals surface area (Å²) < 4.78 is 7.65. The van der Waals surface area contributed by atoms with Crippen LogP contribution in [-0.4, -0.2) is 49.7 Å². The van der Waals surface area contributed by atoms with Crippen LogP contribution in [0.4, 0.5) is 0 Å². The van der Waals surface area contributed by atoms with Crippen molar-refractivity contribution in [3.05, 3.63) is 65.4 Å². The Labute approximate surface area is 188 Å². The fourth-order valence-corrected chi connectivity index (χ4v) is 4.71. The molecule has 5 rings (SSSR count). The summed E-state index contributed by atoms with van der Waals surface area (Å²) >= 11 is 0. The van der Waals surface area contributed by atoms with Crippen molar-refractivity contribution >= 4 is 5.91 Å². The van der Waals surface area contributed by atoms with Crippen LogP contribution in [0.5, 0.6) is 0 Å². The van der Waals surface area contributed by atoms with Crippen LogP contribution < -0.4 is 0 Å². The number of ether oxygens (including phenoxy) is 1. The van der Waals surface area contributed by atoms with Gasteiger partial charge in [0.2, 0.25) is 0 Å². The maximum Gasteiger partial charge on any atom is 0.258 e. The lowest BCUT2D eigenvalue weighted by atomic mass is 10.0. The largest absolute Gasteiger partial charge is 0.373 e. The zero-order valence-corrected chi connectivity index (χ0v) is 18.5. The number of rotatable bonds is 6. The van der Waals surface area contributed by atoms with Crippen molar-refractivity contribution in [2.24, 2.45) is 0 Å². The first-order valence-corrected chi connectivity index (χ1v) is 11.6. The second kappa shape index (κ2) is 9.20. The average Bonchev–Trinajstić information content (AvgIpc) is 3.48. The Bertz CT molecular complexity index is 1080. The Morgan fingerprint density at radius 3 is 2.75 bits per heavy atom. The molecule has 0 spiro atoms. The molecule has 1 aromatic carbocycles. The van der Waals surface area contributed by atoms with Crippen LogP contribution in [0.1, 0.15) is 53.6 Å². The summed E-state index contributed by atoms with van der Waals surface area (Å²) in [6.45, 7) is 4.61. The fraction of sp³-hybridized carbons (Fsp3) is 0.440. The summed E-state index contributed by atoms with van der Waals surface area (Å²) in [5.74, 6) is 0.920. The number of fused-ring (bicyclic) bond motifs is 1. The minimum atomic E-state index is 0.0698. The van der Waals surface area contributed by atoms with Gasteiger partial charge in [0.05, 0.1) is 31.0 Å². The van der Waals surface area contributed by atoms with Gasteiger partial charge in [0.25, 0.3) is 5.91 Å². The molecule has 2 aromatic heterocycles. The first-order chi connectivity index (χ1) is 15.7. The highest BCUT2D eigenvalue weighted by atomic mass is 16.5. The van der Waals surface area contributed by atoms with Gasteiger partial charge in [-0.25, -0.2) is 9.97 Å². The lowest BCUT2D eigenvalue weighted by Crippen LogP contribution is -2.37. The molecule has 166 valence electrons. The predicted octanol–water partition coefficient (Wildman–Crippen LogP) is 3.67. The highest BCUT2D eigenvalue weighted by molar-refractivity contribution is 6.01. The van der Waals surface area contributed by atoms with Crippen molar-refractivity contribution < 1.29 is 9.53 Å². The second-order valence-corrected chi connectivity index (χ2v) is 8.51. The molecule has 2 aliphatic heterocycles. The molecule has 3 aromatic rings. The Hall–Kier alpha value is -3.06. The van der Waals surface area contributed by atoms with E-state index in [1.807, 2.05) is 52.3 Å². The van der Waals surface area contributed by atoms with E-state index in [2.05, 4.69) is 16.9 Å². The van der Waals surface area contributed by atoms with Gasteiger partial charge in [0.15, 0.2) is 0 Å². The molecule has 1 saturated heterocycles. The van der Waals surface area contributed by atoms with Crippen LogP contribution in [0.25, 0.3) is 11.3 Å². The monoisotopic (exact) mass is 431 g/mol. The van der Waals surface area contributed by atoms with E-state index in [1.54, 1.807) is 0 Å². The van der Waals surface area contributed by atoms with E-state index >= 15 is 0 Å². The zero-order valence-electron chi connectivity index (χ0n) is 18.5. The van der Waals surface area contributed by atoms with E-state index in [-0.39, 0.29) is 11.9 Å². The maximum absolute atomic E-state index is 13.9.